The molecule has 1 unspecified atom stereocenters. The van der Waals surface area contributed by atoms with Gasteiger partial charge in [-0.2, -0.15) is 0 Å². The van der Waals surface area contributed by atoms with Crippen LogP contribution in [0.3, 0.4) is 0 Å². The molecule has 0 spiro atoms. The lowest BCUT2D eigenvalue weighted by Gasteiger charge is -2.22. The zero-order chi connectivity index (χ0) is 8.97. The third-order valence-electron chi connectivity index (χ3n) is 2.27. The second-order valence-corrected chi connectivity index (χ2v) is 3.09. The van der Waals surface area contributed by atoms with Crippen LogP contribution in [0.15, 0.2) is 12.7 Å². The van der Waals surface area contributed by atoms with Crippen LogP contribution in [-0.4, -0.2) is 37.0 Å². The van der Waals surface area contributed by atoms with Crippen LogP contribution in [0, 0.1) is 0 Å². The smallest absolute Gasteiger partial charge is 0.246 e. The predicted molar refractivity (Wildman–Crippen MR) is 48.9 cm³/mol. The fraction of sp³-hybridized carbons (Fsp3) is 0.667. The van der Waals surface area contributed by atoms with Gasteiger partial charge in [0, 0.05) is 19.1 Å². The molecule has 0 radical (unpaired) electrons. The molecule has 1 fully saturated rings. The van der Waals surface area contributed by atoms with Crippen molar-refractivity contribution in [2.75, 3.05) is 20.1 Å². The molecule has 1 N–H and O–H groups in total. The number of amides is 1. The molecule has 1 amide bonds. The molecule has 0 bridgehead atoms. The molecule has 0 aromatic rings. The van der Waals surface area contributed by atoms with Crippen LogP contribution in [0.4, 0.5) is 0 Å². The molecule has 1 atom stereocenters. The van der Waals surface area contributed by atoms with E-state index in [1.807, 2.05) is 11.9 Å². The normalized spacial score (nSPS) is 22.8. The van der Waals surface area contributed by atoms with Gasteiger partial charge in [0.1, 0.15) is 0 Å². The lowest BCUT2D eigenvalue weighted by atomic mass is 10.2. The SMILES string of the molecule is C=CC(=O)N1CCCC1CNC. The van der Waals surface area contributed by atoms with Gasteiger partial charge in [-0.1, -0.05) is 6.58 Å². The highest BCUT2D eigenvalue weighted by Crippen LogP contribution is 2.16. The third-order valence-corrected chi connectivity index (χ3v) is 2.27. The first-order valence-electron chi connectivity index (χ1n) is 4.37. The molecule has 3 heteroatoms. The van der Waals surface area contributed by atoms with Crippen molar-refractivity contribution < 1.29 is 4.79 Å². The Kier molecular flexibility index (Phi) is 3.29. The Balaban J connectivity index is 2.51. The van der Waals surface area contributed by atoms with E-state index >= 15 is 0 Å². The molecule has 1 saturated heterocycles. The first-order chi connectivity index (χ1) is 5.79. The van der Waals surface area contributed by atoms with Gasteiger partial charge < -0.3 is 10.2 Å². The molecular weight excluding hydrogens is 152 g/mol. The summed E-state index contributed by atoms with van der Waals surface area (Å²) in [5.41, 5.74) is 0. The quantitative estimate of drug-likeness (QED) is 0.618. The number of likely N-dealkylation sites (N-methyl/N-ethyl adjacent to an activating group) is 1. The van der Waals surface area contributed by atoms with Crippen molar-refractivity contribution in [3.8, 4) is 0 Å². The van der Waals surface area contributed by atoms with E-state index in [1.165, 1.54) is 6.08 Å². The monoisotopic (exact) mass is 168 g/mol. The van der Waals surface area contributed by atoms with Gasteiger partial charge in [-0.05, 0) is 26.0 Å². The van der Waals surface area contributed by atoms with Gasteiger partial charge in [-0.25, -0.2) is 0 Å². The average molecular weight is 168 g/mol. The lowest BCUT2D eigenvalue weighted by molar-refractivity contribution is -0.126. The number of nitrogens with one attached hydrogen (secondary N) is 1. The molecule has 3 nitrogen and oxygen atoms in total. The van der Waals surface area contributed by atoms with Gasteiger partial charge in [0.25, 0.3) is 0 Å². The molecular formula is C9H16N2O. The Labute approximate surface area is 73.4 Å². The minimum atomic E-state index is 0.0627. The number of hydrogen-bond acceptors (Lipinski definition) is 2. The van der Waals surface area contributed by atoms with E-state index in [1.54, 1.807) is 0 Å². The van der Waals surface area contributed by atoms with E-state index in [-0.39, 0.29) is 5.91 Å². The highest BCUT2D eigenvalue weighted by molar-refractivity contribution is 5.87. The molecule has 0 aliphatic carbocycles. The second-order valence-electron chi connectivity index (χ2n) is 3.09. The van der Waals surface area contributed by atoms with Gasteiger partial charge >= 0.3 is 0 Å². The summed E-state index contributed by atoms with van der Waals surface area (Å²) in [7, 11) is 1.91. The molecule has 1 aliphatic rings. The van der Waals surface area contributed by atoms with Gasteiger partial charge in [0.15, 0.2) is 0 Å². The Morgan fingerprint density at radius 2 is 2.58 bits per heavy atom. The molecule has 12 heavy (non-hydrogen) atoms. The Bertz CT molecular complexity index is 179. The number of hydrogen-bond donors (Lipinski definition) is 1. The second kappa shape index (κ2) is 4.26. The molecule has 68 valence electrons. The fourth-order valence-corrected chi connectivity index (χ4v) is 1.69. The van der Waals surface area contributed by atoms with Crippen molar-refractivity contribution in [1.29, 1.82) is 0 Å². The van der Waals surface area contributed by atoms with Crippen LogP contribution >= 0.6 is 0 Å². The van der Waals surface area contributed by atoms with Crippen molar-refractivity contribution in [2.45, 2.75) is 18.9 Å². The summed E-state index contributed by atoms with van der Waals surface area (Å²) in [5, 5.41) is 3.09. The average Bonchev–Trinajstić information content (AvgIpc) is 2.52. The molecule has 1 heterocycles. The molecule has 0 saturated carbocycles. The fourth-order valence-electron chi connectivity index (χ4n) is 1.69. The van der Waals surface area contributed by atoms with Crippen molar-refractivity contribution in [2.24, 2.45) is 0 Å². The maximum atomic E-state index is 11.3. The van der Waals surface area contributed by atoms with E-state index in [4.69, 9.17) is 0 Å². The Morgan fingerprint density at radius 3 is 3.17 bits per heavy atom. The van der Waals surface area contributed by atoms with Crippen molar-refractivity contribution >= 4 is 5.91 Å². The van der Waals surface area contributed by atoms with Crippen LogP contribution in [-0.2, 0) is 4.79 Å². The minimum Gasteiger partial charge on any atom is -0.335 e. The standard InChI is InChI=1S/C9H16N2O/c1-3-9(12)11-6-4-5-8(11)7-10-2/h3,8,10H,1,4-7H2,2H3. The summed E-state index contributed by atoms with van der Waals surface area (Å²) in [6.45, 7) is 5.26. The molecule has 1 rings (SSSR count). The van der Waals surface area contributed by atoms with E-state index in [0.717, 1.165) is 25.9 Å². The highest BCUT2D eigenvalue weighted by Gasteiger charge is 2.25. The summed E-state index contributed by atoms with van der Waals surface area (Å²) >= 11 is 0. The number of carbonyl (C=O) groups is 1. The third kappa shape index (κ3) is 1.85. The topological polar surface area (TPSA) is 32.3 Å². The number of nitrogens with zero attached hydrogens (tertiary/aromatic N) is 1. The Hall–Kier alpha value is -0.830. The first-order valence-corrected chi connectivity index (χ1v) is 4.37. The van der Waals surface area contributed by atoms with E-state index in [0.29, 0.717) is 6.04 Å². The van der Waals surface area contributed by atoms with Crippen LogP contribution in [0.1, 0.15) is 12.8 Å². The van der Waals surface area contributed by atoms with Gasteiger partial charge in [0.05, 0.1) is 0 Å². The summed E-state index contributed by atoms with van der Waals surface area (Å²) in [4.78, 5) is 13.2. The Morgan fingerprint density at radius 1 is 1.83 bits per heavy atom. The molecule has 1 aliphatic heterocycles. The predicted octanol–water partition coefficient (Wildman–Crippen LogP) is 0.383. The van der Waals surface area contributed by atoms with Crippen molar-refractivity contribution in [1.82, 2.24) is 10.2 Å². The summed E-state index contributed by atoms with van der Waals surface area (Å²) in [6.07, 6.45) is 3.63. The van der Waals surface area contributed by atoms with Crippen LogP contribution in [0.5, 0.6) is 0 Å². The van der Waals surface area contributed by atoms with E-state index < -0.39 is 0 Å². The zero-order valence-electron chi connectivity index (χ0n) is 7.55. The maximum Gasteiger partial charge on any atom is 0.246 e. The zero-order valence-corrected chi connectivity index (χ0v) is 7.55. The number of carbonyl (C=O) groups excluding carboxylic acids is 1. The van der Waals surface area contributed by atoms with Crippen LogP contribution in [0.2, 0.25) is 0 Å². The first kappa shape index (κ1) is 9.26. The lowest BCUT2D eigenvalue weighted by Crippen LogP contribution is -2.39. The molecule has 0 aromatic heterocycles. The van der Waals surface area contributed by atoms with Gasteiger partial charge in [0.2, 0.25) is 5.91 Å². The minimum absolute atomic E-state index is 0.0627. The number of likely N-dealkylation sites (tertiary alicyclic amines) is 1. The van der Waals surface area contributed by atoms with Crippen LogP contribution < -0.4 is 5.32 Å². The summed E-state index contributed by atoms with van der Waals surface area (Å²) < 4.78 is 0. The van der Waals surface area contributed by atoms with Gasteiger partial charge in [-0.15, -0.1) is 0 Å². The van der Waals surface area contributed by atoms with Gasteiger partial charge in [-0.3, -0.25) is 4.79 Å². The maximum absolute atomic E-state index is 11.3. The highest BCUT2D eigenvalue weighted by atomic mass is 16.2. The van der Waals surface area contributed by atoms with Crippen molar-refractivity contribution in [3.63, 3.8) is 0 Å². The van der Waals surface area contributed by atoms with Crippen LogP contribution in [0.25, 0.3) is 0 Å². The van der Waals surface area contributed by atoms with Crippen molar-refractivity contribution in [3.05, 3.63) is 12.7 Å². The summed E-state index contributed by atoms with van der Waals surface area (Å²) in [6, 6.07) is 0.375. The largest absolute Gasteiger partial charge is 0.335 e. The van der Waals surface area contributed by atoms with E-state index in [9.17, 15) is 4.79 Å². The van der Waals surface area contributed by atoms with E-state index in [2.05, 4.69) is 11.9 Å². The number of rotatable bonds is 3. The molecule has 0 aromatic carbocycles. The summed E-state index contributed by atoms with van der Waals surface area (Å²) in [5.74, 6) is 0.0627.